The molecular weight excluding hydrogens is 302 g/mol. The second-order valence-electron chi connectivity index (χ2n) is 5.24. The summed E-state index contributed by atoms with van der Waals surface area (Å²) in [6.45, 7) is 0. The zero-order chi connectivity index (χ0) is 16.6. The van der Waals surface area contributed by atoms with Gasteiger partial charge in [-0.2, -0.15) is 0 Å². The van der Waals surface area contributed by atoms with Gasteiger partial charge in [-0.05, 0) is 41.5 Å². The Morgan fingerprint density at radius 1 is 0.957 bits per heavy atom. The van der Waals surface area contributed by atoms with Gasteiger partial charge in [-0.15, -0.1) is 0 Å². The van der Waals surface area contributed by atoms with E-state index in [0.717, 1.165) is 11.6 Å². The average molecular weight is 316 g/mol. The van der Waals surface area contributed by atoms with Crippen LogP contribution in [-0.2, 0) is 6.42 Å². The number of carbonyl (C=O) groups is 1. The van der Waals surface area contributed by atoms with Gasteiger partial charge in [0.15, 0.2) is 17.3 Å². The molecule has 0 spiro atoms. The molecule has 0 radical (unpaired) electrons. The van der Waals surface area contributed by atoms with E-state index in [4.69, 9.17) is 9.47 Å². The maximum absolute atomic E-state index is 13.3. The zero-order valence-corrected chi connectivity index (χ0v) is 12.7. The average Bonchev–Trinajstić information content (AvgIpc) is 2.80. The number of methoxy groups -OCH3 is 2. The van der Waals surface area contributed by atoms with Gasteiger partial charge in [-0.3, -0.25) is 4.79 Å². The lowest BCUT2D eigenvalue weighted by atomic mass is 10.1. The van der Waals surface area contributed by atoms with Crippen molar-refractivity contribution in [2.45, 2.75) is 6.42 Å². The van der Waals surface area contributed by atoms with Gasteiger partial charge in [-0.25, -0.2) is 8.78 Å². The second-order valence-corrected chi connectivity index (χ2v) is 5.24. The first kappa shape index (κ1) is 15.2. The number of hydrogen-bond acceptors (Lipinski definition) is 3. The lowest BCUT2D eigenvalue weighted by Crippen LogP contribution is -1.97. The summed E-state index contributed by atoms with van der Waals surface area (Å²) in [4.78, 5) is 12.5. The highest BCUT2D eigenvalue weighted by Crippen LogP contribution is 2.37. The molecule has 3 nitrogen and oxygen atoms in total. The number of carbonyl (C=O) groups excluding carboxylic acids is 1. The van der Waals surface area contributed by atoms with E-state index in [9.17, 15) is 13.6 Å². The van der Waals surface area contributed by atoms with Crippen molar-refractivity contribution in [3.05, 3.63) is 64.2 Å². The van der Waals surface area contributed by atoms with Crippen molar-refractivity contribution in [1.29, 1.82) is 0 Å². The summed E-state index contributed by atoms with van der Waals surface area (Å²) in [7, 11) is 3.02. The van der Waals surface area contributed by atoms with Crippen LogP contribution in [-0.4, -0.2) is 20.0 Å². The molecule has 0 saturated carbocycles. The van der Waals surface area contributed by atoms with Crippen LogP contribution in [0.1, 0.15) is 21.5 Å². The van der Waals surface area contributed by atoms with Crippen molar-refractivity contribution in [1.82, 2.24) is 0 Å². The zero-order valence-electron chi connectivity index (χ0n) is 12.7. The summed E-state index contributed by atoms with van der Waals surface area (Å²) in [5.41, 5.74) is 2.11. The van der Waals surface area contributed by atoms with E-state index < -0.39 is 11.6 Å². The number of ether oxygens (including phenoxy) is 2. The molecule has 0 aliphatic heterocycles. The fraction of sp³-hybridized carbons (Fsp3) is 0.167. The minimum atomic E-state index is -0.678. The van der Waals surface area contributed by atoms with Crippen LogP contribution < -0.4 is 9.47 Å². The van der Waals surface area contributed by atoms with Crippen LogP contribution >= 0.6 is 0 Å². The molecule has 2 aromatic rings. The number of halogens is 2. The molecule has 0 heterocycles. The number of Topliss-reactive ketones (excluding diaryl/α,β-unsaturated/α-hetero) is 1. The van der Waals surface area contributed by atoms with Gasteiger partial charge in [0.2, 0.25) is 0 Å². The van der Waals surface area contributed by atoms with Crippen molar-refractivity contribution in [3.8, 4) is 11.5 Å². The lowest BCUT2D eigenvalue weighted by Gasteiger charge is -2.08. The third-order valence-electron chi connectivity index (χ3n) is 3.75. The maximum atomic E-state index is 13.3. The van der Waals surface area contributed by atoms with E-state index in [1.54, 1.807) is 12.1 Å². The molecule has 0 amide bonds. The standard InChI is InChI=1S/C18H14F2O3/c1-22-16-7-11-6-12(18(21)15(11)9-17(16)23-2)3-10-4-13(19)8-14(20)5-10/h3-5,7-9H,6H2,1-2H3/b12-3+. The monoisotopic (exact) mass is 316 g/mol. The first-order valence-electron chi connectivity index (χ1n) is 6.98. The summed E-state index contributed by atoms with van der Waals surface area (Å²) >= 11 is 0. The quantitative estimate of drug-likeness (QED) is 0.808. The van der Waals surface area contributed by atoms with Gasteiger partial charge >= 0.3 is 0 Å². The molecule has 0 saturated heterocycles. The minimum Gasteiger partial charge on any atom is -0.493 e. The van der Waals surface area contributed by atoms with Gasteiger partial charge in [-0.1, -0.05) is 0 Å². The number of hydrogen-bond donors (Lipinski definition) is 0. The van der Waals surface area contributed by atoms with Crippen LogP contribution in [0, 0.1) is 11.6 Å². The first-order valence-corrected chi connectivity index (χ1v) is 6.98. The van der Waals surface area contributed by atoms with Crippen LogP contribution in [0.5, 0.6) is 11.5 Å². The van der Waals surface area contributed by atoms with Crippen LogP contribution in [0.2, 0.25) is 0 Å². The Balaban J connectivity index is 2.01. The van der Waals surface area contributed by atoms with Gasteiger partial charge in [0.05, 0.1) is 14.2 Å². The number of ketones is 1. The molecule has 1 aliphatic rings. The number of fused-ring (bicyclic) bond motifs is 1. The molecule has 0 aromatic heterocycles. The fourth-order valence-corrected chi connectivity index (χ4v) is 2.71. The Morgan fingerprint density at radius 3 is 2.17 bits per heavy atom. The molecule has 23 heavy (non-hydrogen) atoms. The Kier molecular flexibility index (Phi) is 3.86. The number of benzene rings is 2. The minimum absolute atomic E-state index is 0.175. The lowest BCUT2D eigenvalue weighted by molar-refractivity contribution is 0.104. The van der Waals surface area contributed by atoms with E-state index in [1.807, 2.05) is 0 Å². The van der Waals surface area contributed by atoms with Crippen LogP contribution in [0.15, 0.2) is 35.9 Å². The summed E-state index contributed by atoms with van der Waals surface area (Å²) in [5, 5.41) is 0. The van der Waals surface area contributed by atoms with Gasteiger partial charge < -0.3 is 9.47 Å². The third-order valence-corrected chi connectivity index (χ3v) is 3.75. The van der Waals surface area contributed by atoms with Gasteiger partial charge in [0.25, 0.3) is 0 Å². The molecule has 2 aromatic carbocycles. The van der Waals surface area contributed by atoms with E-state index >= 15 is 0 Å². The summed E-state index contributed by atoms with van der Waals surface area (Å²) in [6, 6.07) is 6.55. The molecule has 0 fully saturated rings. The Hall–Kier alpha value is -2.69. The topological polar surface area (TPSA) is 35.5 Å². The van der Waals surface area contributed by atoms with Crippen molar-refractivity contribution in [2.24, 2.45) is 0 Å². The molecular formula is C18H14F2O3. The normalized spacial score (nSPS) is 15.0. The Morgan fingerprint density at radius 2 is 1.57 bits per heavy atom. The van der Waals surface area contributed by atoms with Crippen molar-refractivity contribution >= 4 is 11.9 Å². The molecule has 0 unspecified atom stereocenters. The molecule has 0 bridgehead atoms. The summed E-state index contributed by atoms with van der Waals surface area (Å²) in [5.74, 6) is -0.522. The number of rotatable bonds is 3. The van der Waals surface area contributed by atoms with Crippen LogP contribution in [0.25, 0.3) is 6.08 Å². The predicted molar refractivity (Wildman–Crippen MR) is 81.9 cm³/mol. The summed E-state index contributed by atoms with van der Waals surface area (Å²) < 4.78 is 37.0. The second kappa shape index (κ2) is 5.83. The highest BCUT2D eigenvalue weighted by Gasteiger charge is 2.27. The molecule has 0 N–H and O–H groups in total. The van der Waals surface area contributed by atoms with E-state index in [1.165, 1.54) is 32.4 Å². The van der Waals surface area contributed by atoms with Gasteiger partial charge in [0, 0.05) is 23.6 Å². The Labute approximate surface area is 132 Å². The highest BCUT2D eigenvalue weighted by molar-refractivity contribution is 6.15. The van der Waals surface area contributed by atoms with Crippen molar-refractivity contribution in [2.75, 3.05) is 14.2 Å². The third kappa shape index (κ3) is 2.82. The SMILES string of the molecule is COc1cc2c(cc1OC)C(=O)/C(=C/c1cc(F)cc(F)c1)C2. The molecule has 5 heteroatoms. The molecule has 0 atom stereocenters. The van der Waals surface area contributed by atoms with E-state index in [2.05, 4.69) is 0 Å². The van der Waals surface area contributed by atoms with Gasteiger partial charge in [0.1, 0.15) is 11.6 Å². The van der Waals surface area contributed by atoms with E-state index in [-0.39, 0.29) is 5.78 Å². The largest absolute Gasteiger partial charge is 0.493 e. The first-order chi connectivity index (χ1) is 11.0. The smallest absolute Gasteiger partial charge is 0.189 e. The predicted octanol–water partition coefficient (Wildman–Crippen LogP) is 3.80. The molecule has 118 valence electrons. The van der Waals surface area contributed by atoms with Crippen molar-refractivity contribution < 1.29 is 23.0 Å². The van der Waals surface area contributed by atoms with E-state index in [0.29, 0.717) is 34.6 Å². The number of allylic oxidation sites excluding steroid dienone is 1. The molecule has 1 aliphatic carbocycles. The highest BCUT2D eigenvalue weighted by atomic mass is 19.1. The van der Waals surface area contributed by atoms with Crippen molar-refractivity contribution in [3.63, 3.8) is 0 Å². The van der Waals surface area contributed by atoms with Crippen LogP contribution in [0.4, 0.5) is 8.78 Å². The maximum Gasteiger partial charge on any atom is 0.189 e. The fourth-order valence-electron chi connectivity index (χ4n) is 2.71. The molecule has 3 rings (SSSR count). The Bertz CT molecular complexity index is 805. The van der Waals surface area contributed by atoms with Crippen LogP contribution in [0.3, 0.4) is 0 Å². The summed E-state index contributed by atoms with van der Waals surface area (Å²) in [6.07, 6.45) is 1.89.